The van der Waals surface area contributed by atoms with Crippen LogP contribution in [-0.2, 0) is 17.6 Å². The summed E-state index contributed by atoms with van der Waals surface area (Å²) in [4.78, 5) is 16.3. The molecule has 0 spiro atoms. The number of aliphatic hydroxyl groups is 1. The maximum atomic E-state index is 12.9. The molecule has 0 bridgehead atoms. The molecule has 2 aromatic rings. The van der Waals surface area contributed by atoms with Gasteiger partial charge in [-0.25, -0.2) is 9.37 Å². The van der Waals surface area contributed by atoms with E-state index in [9.17, 15) is 14.3 Å². The molecule has 2 rings (SSSR count). The fraction of sp³-hybridized carbons (Fsp3) is 0.375. The van der Waals surface area contributed by atoms with E-state index in [1.165, 1.54) is 35.6 Å². The second-order valence-corrected chi connectivity index (χ2v) is 6.06. The van der Waals surface area contributed by atoms with Crippen molar-refractivity contribution < 1.29 is 14.3 Å². The number of halogens is 1. The Labute approximate surface area is 133 Å². The van der Waals surface area contributed by atoms with E-state index >= 15 is 0 Å². The molecule has 1 aromatic carbocycles. The lowest BCUT2D eigenvalue weighted by Gasteiger charge is -2.20. The highest BCUT2D eigenvalue weighted by molar-refractivity contribution is 7.09. The molecule has 0 radical (unpaired) electrons. The van der Waals surface area contributed by atoms with Gasteiger partial charge in [0, 0.05) is 5.38 Å². The molecular formula is C16H19FN2O2S. The van der Waals surface area contributed by atoms with Gasteiger partial charge in [-0.2, -0.15) is 0 Å². The highest BCUT2D eigenvalue weighted by Crippen LogP contribution is 2.17. The number of hydrogen-bond acceptors (Lipinski definition) is 4. The van der Waals surface area contributed by atoms with Gasteiger partial charge < -0.3 is 10.4 Å². The van der Waals surface area contributed by atoms with Crippen LogP contribution < -0.4 is 5.32 Å². The van der Waals surface area contributed by atoms with Crippen molar-refractivity contribution in [2.24, 2.45) is 0 Å². The van der Waals surface area contributed by atoms with Gasteiger partial charge in [-0.3, -0.25) is 4.79 Å². The van der Waals surface area contributed by atoms with Crippen molar-refractivity contribution in [1.29, 1.82) is 0 Å². The summed E-state index contributed by atoms with van der Waals surface area (Å²) in [5.41, 5.74) is 1.30. The maximum absolute atomic E-state index is 12.9. The fourth-order valence-corrected chi connectivity index (χ4v) is 2.83. The number of amides is 1. The molecule has 0 aliphatic rings. The maximum Gasteiger partial charge on any atom is 0.226 e. The van der Waals surface area contributed by atoms with Crippen LogP contribution in [0.2, 0.25) is 0 Å². The number of nitrogens with zero attached hydrogens (tertiary/aromatic N) is 1. The molecule has 118 valence electrons. The van der Waals surface area contributed by atoms with E-state index in [0.717, 1.165) is 17.1 Å². The molecule has 2 unspecified atom stereocenters. The summed E-state index contributed by atoms with van der Waals surface area (Å²) in [5, 5.41) is 15.8. The van der Waals surface area contributed by atoms with Crippen LogP contribution in [0.5, 0.6) is 0 Å². The van der Waals surface area contributed by atoms with Gasteiger partial charge in [0.2, 0.25) is 5.91 Å². The van der Waals surface area contributed by atoms with Crippen LogP contribution in [0, 0.1) is 5.82 Å². The molecule has 0 aliphatic carbocycles. The van der Waals surface area contributed by atoms with Gasteiger partial charge in [0.25, 0.3) is 0 Å². The Morgan fingerprint density at radius 1 is 1.41 bits per heavy atom. The average Bonchev–Trinajstić information content (AvgIpc) is 2.94. The van der Waals surface area contributed by atoms with Gasteiger partial charge in [-0.15, -0.1) is 11.3 Å². The smallest absolute Gasteiger partial charge is 0.226 e. The molecule has 4 nitrogen and oxygen atoms in total. The van der Waals surface area contributed by atoms with Crippen molar-refractivity contribution in [3.63, 3.8) is 0 Å². The topological polar surface area (TPSA) is 62.2 Å². The summed E-state index contributed by atoms with van der Waals surface area (Å²) >= 11 is 1.54. The Bertz CT molecular complexity index is 627. The van der Waals surface area contributed by atoms with Crippen LogP contribution in [-0.4, -0.2) is 22.0 Å². The molecule has 0 fully saturated rings. The first-order chi connectivity index (χ1) is 10.5. The van der Waals surface area contributed by atoms with Gasteiger partial charge in [-0.05, 0) is 31.0 Å². The van der Waals surface area contributed by atoms with Crippen LogP contribution in [0.25, 0.3) is 0 Å². The lowest BCUT2D eigenvalue weighted by atomic mass is 10.0. The highest BCUT2D eigenvalue weighted by Gasteiger charge is 2.19. The Morgan fingerprint density at radius 2 is 2.09 bits per heavy atom. The number of rotatable bonds is 6. The second kappa shape index (κ2) is 7.47. The van der Waals surface area contributed by atoms with Gasteiger partial charge in [-0.1, -0.05) is 19.1 Å². The molecule has 0 aliphatic heterocycles. The summed E-state index contributed by atoms with van der Waals surface area (Å²) in [6, 6.07) is 5.12. The number of aryl methyl sites for hydroxylation is 1. The largest absolute Gasteiger partial charge is 0.386 e. The minimum Gasteiger partial charge on any atom is -0.386 e. The summed E-state index contributed by atoms with van der Waals surface area (Å²) in [6.45, 7) is 3.73. The standard InChI is InChI=1S/C16H19FN2O2S/c1-3-15-19-13(9-22-15)8-14(20)18-10(2)16(21)11-4-6-12(17)7-5-11/h4-7,9-10,16,21H,3,8H2,1-2H3,(H,18,20). The Kier molecular flexibility index (Phi) is 5.63. The van der Waals surface area contributed by atoms with Crippen LogP contribution in [0.3, 0.4) is 0 Å². The molecule has 0 saturated heterocycles. The third-order valence-electron chi connectivity index (χ3n) is 3.32. The second-order valence-electron chi connectivity index (χ2n) is 5.12. The molecule has 0 saturated carbocycles. The number of aromatic nitrogens is 1. The Balaban J connectivity index is 1.91. The molecule has 2 N–H and O–H groups in total. The van der Waals surface area contributed by atoms with Gasteiger partial charge in [0.1, 0.15) is 5.82 Å². The number of thiazole rings is 1. The third kappa shape index (κ3) is 4.35. The SMILES string of the molecule is CCc1nc(CC(=O)NC(C)C(O)c2ccc(F)cc2)cs1. The highest BCUT2D eigenvalue weighted by atomic mass is 32.1. The van der Waals surface area contributed by atoms with E-state index in [2.05, 4.69) is 10.3 Å². The van der Waals surface area contributed by atoms with Crippen LogP contribution in [0.4, 0.5) is 4.39 Å². The van der Waals surface area contributed by atoms with Crippen molar-refractivity contribution in [3.8, 4) is 0 Å². The molecule has 2 atom stereocenters. The van der Waals surface area contributed by atoms with Crippen molar-refractivity contribution >= 4 is 17.2 Å². The zero-order valence-corrected chi connectivity index (χ0v) is 13.4. The monoisotopic (exact) mass is 322 g/mol. The Hall–Kier alpha value is -1.79. The van der Waals surface area contributed by atoms with Gasteiger partial charge >= 0.3 is 0 Å². The predicted octanol–water partition coefficient (Wildman–Crippen LogP) is 2.63. The zero-order chi connectivity index (χ0) is 16.1. The number of carbonyl (C=O) groups excluding carboxylic acids is 1. The number of carbonyl (C=O) groups is 1. The molecule has 6 heteroatoms. The summed E-state index contributed by atoms with van der Waals surface area (Å²) in [6.07, 6.45) is 0.161. The van der Waals surface area contributed by atoms with Crippen molar-refractivity contribution in [1.82, 2.24) is 10.3 Å². The molecule has 1 heterocycles. The van der Waals surface area contributed by atoms with E-state index in [0.29, 0.717) is 5.56 Å². The lowest BCUT2D eigenvalue weighted by molar-refractivity contribution is -0.121. The summed E-state index contributed by atoms with van der Waals surface area (Å²) in [7, 11) is 0. The first-order valence-electron chi connectivity index (χ1n) is 7.15. The lowest BCUT2D eigenvalue weighted by Crippen LogP contribution is -2.38. The van der Waals surface area contributed by atoms with Gasteiger partial charge in [0.15, 0.2) is 0 Å². The van der Waals surface area contributed by atoms with Crippen molar-refractivity contribution in [2.45, 2.75) is 38.8 Å². The molecular weight excluding hydrogens is 303 g/mol. The van der Waals surface area contributed by atoms with Crippen LogP contribution in [0.1, 0.15) is 36.2 Å². The molecule has 1 aromatic heterocycles. The summed E-state index contributed by atoms with van der Waals surface area (Å²) in [5.74, 6) is -0.551. The van der Waals surface area contributed by atoms with E-state index in [-0.39, 0.29) is 18.1 Å². The van der Waals surface area contributed by atoms with Crippen LogP contribution in [0.15, 0.2) is 29.6 Å². The minimum absolute atomic E-state index is 0.191. The van der Waals surface area contributed by atoms with E-state index < -0.39 is 12.1 Å². The molecule has 1 amide bonds. The quantitative estimate of drug-likeness (QED) is 0.859. The molecule has 22 heavy (non-hydrogen) atoms. The van der Waals surface area contributed by atoms with Crippen molar-refractivity contribution in [2.75, 3.05) is 0 Å². The number of hydrogen-bond donors (Lipinski definition) is 2. The minimum atomic E-state index is -0.883. The van der Waals surface area contributed by atoms with Crippen molar-refractivity contribution in [3.05, 3.63) is 51.7 Å². The number of nitrogens with one attached hydrogen (secondary N) is 1. The normalized spacial score (nSPS) is 13.6. The van der Waals surface area contributed by atoms with Gasteiger partial charge in [0.05, 0.1) is 29.3 Å². The predicted molar refractivity (Wildman–Crippen MR) is 84.2 cm³/mol. The first kappa shape index (κ1) is 16.6. The number of benzene rings is 1. The zero-order valence-electron chi connectivity index (χ0n) is 12.5. The van der Waals surface area contributed by atoms with E-state index in [4.69, 9.17) is 0 Å². The average molecular weight is 322 g/mol. The fourth-order valence-electron chi connectivity index (χ4n) is 2.09. The summed E-state index contributed by atoms with van der Waals surface area (Å²) < 4.78 is 12.9. The number of aliphatic hydroxyl groups excluding tert-OH is 1. The van der Waals surface area contributed by atoms with E-state index in [1.54, 1.807) is 6.92 Å². The van der Waals surface area contributed by atoms with Crippen LogP contribution >= 0.6 is 11.3 Å². The first-order valence-corrected chi connectivity index (χ1v) is 8.03. The van der Waals surface area contributed by atoms with E-state index in [1.807, 2.05) is 12.3 Å². The Morgan fingerprint density at radius 3 is 2.68 bits per heavy atom. The third-order valence-corrected chi connectivity index (χ3v) is 4.36.